The zero-order valence-corrected chi connectivity index (χ0v) is 18.2. The minimum Gasteiger partial charge on any atom is -0.396 e. The summed E-state index contributed by atoms with van der Waals surface area (Å²) >= 11 is 0. The molecule has 1 aromatic carbocycles. The molecule has 1 aliphatic heterocycles. The quantitative estimate of drug-likeness (QED) is 0.238. The lowest BCUT2D eigenvalue weighted by atomic mass is 9.84. The maximum absolute atomic E-state index is 11.9. The second kappa shape index (κ2) is 12.9. The number of benzene rings is 1. The molecule has 1 aliphatic rings. The molecule has 0 radical (unpaired) electrons. The molecule has 0 spiro atoms. The normalized spacial score (nSPS) is 19.3. The van der Waals surface area contributed by atoms with Gasteiger partial charge in [-0.15, -0.1) is 24.0 Å². The number of guanidine groups is 1. The van der Waals surface area contributed by atoms with Crippen molar-refractivity contribution >= 4 is 35.8 Å². The number of aliphatic hydroxyl groups is 1. The number of aliphatic hydroxyl groups excluding tert-OH is 1. The van der Waals surface area contributed by atoms with Gasteiger partial charge in [0.05, 0.1) is 6.61 Å². The lowest BCUT2D eigenvalue weighted by molar-refractivity contribution is -0.121. The van der Waals surface area contributed by atoms with E-state index in [1.807, 2.05) is 30.3 Å². The standard InChI is InChI=1S/C19H30N4O3.HI/c1-20-18(23-14-19(8-11-24)9-12-26-15-19)21-10-7-17(25)22-13-16-5-3-2-4-6-16;/h2-6,24H,7-15H2,1H3,(H,22,25)(H2,20,21,23);1H. The molecule has 2 rings (SSSR count). The third-order valence-corrected chi connectivity index (χ3v) is 4.66. The zero-order valence-electron chi connectivity index (χ0n) is 15.9. The lowest BCUT2D eigenvalue weighted by Gasteiger charge is -2.27. The highest BCUT2D eigenvalue weighted by molar-refractivity contribution is 14.0. The molecule has 1 unspecified atom stereocenters. The van der Waals surface area contributed by atoms with Crippen LogP contribution in [0.2, 0.25) is 0 Å². The van der Waals surface area contributed by atoms with Crippen LogP contribution in [-0.2, 0) is 16.1 Å². The van der Waals surface area contributed by atoms with Crippen LogP contribution >= 0.6 is 24.0 Å². The van der Waals surface area contributed by atoms with Crippen molar-refractivity contribution in [2.24, 2.45) is 10.4 Å². The van der Waals surface area contributed by atoms with Gasteiger partial charge in [-0.2, -0.15) is 0 Å². The zero-order chi connectivity index (χ0) is 18.7. The Kier molecular flexibility index (Phi) is 11.3. The fraction of sp³-hybridized carbons (Fsp3) is 0.579. The summed E-state index contributed by atoms with van der Waals surface area (Å²) in [4.78, 5) is 16.1. The molecule has 0 aliphatic carbocycles. The van der Waals surface area contributed by atoms with Crippen LogP contribution in [-0.4, -0.2) is 56.9 Å². The van der Waals surface area contributed by atoms with Crippen molar-refractivity contribution in [2.75, 3.05) is 40.0 Å². The molecule has 8 heteroatoms. The van der Waals surface area contributed by atoms with Crippen molar-refractivity contribution in [1.29, 1.82) is 0 Å². The highest BCUT2D eigenvalue weighted by Crippen LogP contribution is 2.31. The lowest BCUT2D eigenvalue weighted by Crippen LogP contribution is -2.45. The van der Waals surface area contributed by atoms with Gasteiger partial charge in [0, 0.05) is 51.7 Å². The molecule has 27 heavy (non-hydrogen) atoms. The Balaban J connectivity index is 0.00000364. The third-order valence-electron chi connectivity index (χ3n) is 4.66. The Hall–Kier alpha value is -1.39. The molecule has 4 N–H and O–H groups in total. The molecule has 1 saturated heterocycles. The number of carbonyl (C=O) groups excluding carboxylic acids is 1. The minimum absolute atomic E-state index is 0. The highest BCUT2D eigenvalue weighted by Gasteiger charge is 2.34. The molecule has 0 bridgehead atoms. The second-order valence-corrected chi connectivity index (χ2v) is 6.64. The number of amides is 1. The van der Waals surface area contributed by atoms with Gasteiger partial charge >= 0.3 is 0 Å². The Morgan fingerprint density at radius 3 is 2.67 bits per heavy atom. The van der Waals surface area contributed by atoms with Crippen LogP contribution in [0, 0.1) is 5.41 Å². The number of hydrogen-bond donors (Lipinski definition) is 4. The van der Waals surface area contributed by atoms with E-state index in [0.717, 1.165) is 18.6 Å². The minimum atomic E-state index is -0.0422. The first-order valence-corrected chi connectivity index (χ1v) is 9.11. The van der Waals surface area contributed by atoms with E-state index in [2.05, 4.69) is 20.9 Å². The van der Waals surface area contributed by atoms with Gasteiger partial charge < -0.3 is 25.8 Å². The predicted molar refractivity (Wildman–Crippen MR) is 117 cm³/mol. The van der Waals surface area contributed by atoms with Crippen LogP contribution in [0.1, 0.15) is 24.8 Å². The number of aliphatic imine (C=N–C) groups is 1. The molecule has 1 aromatic rings. The van der Waals surface area contributed by atoms with Gasteiger partial charge in [-0.25, -0.2) is 0 Å². The Morgan fingerprint density at radius 2 is 2.04 bits per heavy atom. The summed E-state index contributed by atoms with van der Waals surface area (Å²) < 4.78 is 5.49. The summed E-state index contributed by atoms with van der Waals surface area (Å²) in [5, 5.41) is 18.6. The Morgan fingerprint density at radius 1 is 1.26 bits per heavy atom. The van der Waals surface area contributed by atoms with Gasteiger partial charge in [0.1, 0.15) is 0 Å². The van der Waals surface area contributed by atoms with Crippen molar-refractivity contribution in [3.05, 3.63) is 35.9 Å². The Labute approximate surface area is 178 Å². The molecule has 0 saturated carbocycles. The second-order valence-electron chi connectivity index (χ2n) is 6.64. The Bertz CT molecular complexity index is 578. The molecule has 0 aromatic heterocycles. The molecule has 7 nitrogen and oxygen atoms in total. The number of nitrogens with zero attached hydrogens (tertiary/aromatic N) is 1. The fourth-order valence-electron chi connectivity index (χ4n) is 2.98. The summed E-state index contributed by atoms with van der Waals surface area (Å²) in [6.45, 7) is 3.26. The van der Waals surface area contributed by atoms with Crippen molar-refractivity contribution in [1.82, 2.24) is 16.0 Å². The van der Waals surface area contributed by atoms with Crippen molar-refractivity contribution in [2.45, 2.75) is 25.8 Å². The van der Waals surface area contributed by atoms with Crippen LogP contribution < -0.4 is 16.0 Å². The van der Waals surface area contributed by atoms with Crippen molar-refractivity contribution < 1.29 is 14.6 Å². The first-order chi connectivity index (χ1) is 12.7. The average molecular weight is 490 g/mol. The SMILES string of the molecule is CN=C(NCCC(=O)NCc1ccccc1)NCC1(CCO)CCOC1.I. The van der Waals surface area contributed by atoms with E-state index >= 15 is 0 Å². The first-order valence-electron chi connectivity index (χ1n) is 9.11. The van der Waals surface area contributed by atoms with Gasteiger partial charge in [-0.05, 0) is 18.4 Å². The van der Waals surface area contributed by atoms with Gasteiger partial charge in [0.15, 0.2) is 5.96 Å². The van der Waals surface area contributed by atoms with E-state index in [-0.39, 0.29) is 41.9 Å². The molecule has 152 valence electrons. The van der Waals surface area contributed by atoms with E-state index in [4.69, 9.17) is 4.74 Å². The average Bonchev–Trinajstić information content (AvgIpc) is 3.13. The number of hydrogen-bond acceptors (Lipinski definition) is 4. The van der Waals surface area contributed by atoms with Crippen LogP contribution in [0.3, 0.4) is 0 Å². The number of ether oxygens (including phenoxy) is 1. The smallest absolute Gasteiger partial charge is 0.222 e. The molecular formula is C19H31IN4O3. The fourth-order valence-corrected chi connectivity index (χ4v) is 2.98. The number of nitrogens with one attached hydrogen (secondary N) is 3. The summed E-state index contributed by atoms with van der Waals surface area (Å²) in [7, 11) is 1.70. The largest absolute Gasteiger partial charge is 0.396 e. The van der Waals surface area contributed by atoms with E-state index in [1.165, 1.54) is 0 Å². The van der Waals surface area contributed by atoms with E-state index in [0.29, 0.717) is 45.0 Å². The van der Waals surface area contributed by atoms with Crippen molar-refractivity contribution in [3.63, 3.8) is 0 Å². The van der Waals surface area contributed by atoms with E-state index < -0.39 is 0 Å². The summed E-state index contributed by atoms with van der Waals surface area (Å²) in [6.07, 6.45) is 2.01. The van der Waals surface area contributed by atoms with Crippen LogP contribution in [0.5, 0.6) is 0 Å². The van der Waals surface area contributed by atoms with Gasteiger partial charge in [-0.3, -0.25) is 9.79 Å². The maximum atomic E-state index is 11.9. The molecular weight excluding hydrogens is 459 g/mol. The summed E-state index contributed by atoms with van der Waals surface area (Å²) in [5.41, 5.74) is 1.04. The topological polar surface area (TPSA) is 95.0 Å². The van der Waals surface area contributed by atoms with Crippen LogP contribution in [0.4, 0.5) is 0 Å². The highest BCUT2D eigenvalue weighted by atomic mass is 127. The monoisotopic (exact) mass is 490 g/mol. The van der Waals surface area contributed by atoms with Gasteiger partial charge in [-0.1, -0.05) is 30.3 Å². The maximum Gasteiger partial charge on any atom is 0.222 e. The summed E-state index contributed by atoms with van der Waals surface area (Å²) in [6, 6.07) is 9.84. The van der Waals surface area contributed by atoms with E-state index in [1.54, 1.807) is 7.05 Å². The number of carbonyl (C=O) groups is 1. The van der Waals surface area contributed by atoms with Gasteiger partial charge in [0.25, 0.3) is 0 Å². The third kappa shape index (κ3) is 8.44. The molecule has 1 fully saturated rings. The molecule has 1 amide bonds. The summed E-state index contributed by atoms with van der Waals surface area (Å²) in [5.74, 6) is 0.655. The predicted octanol–water partition coefficient (Wildman–Crippen LogP) is 1.26. The van der Waals surface area contributed by atoms with E-state index in [9.17, 15) is 9.90 Å². The molecule has 1 atom stereocenters. The van der Waals surface area contributed by atoms with Crippen LogP contribution in [0.25, 0.3) is 0 Å². The number of rotatable bonds is 9. The van der Waals surface area contributed by atoms with Gasteiger partial charge in [0.2, 0.25) is 5.91 Å². The van der Waals surface area contributed by atoms with Crippen molar-refractivity contribution in [3.8, 4) is 0 Å². The number of halogens is 1. The first kappa shape index (κ1) is 23.6. The molecule has 1 heterocycles. The van der Waals surface area contributed by atoms with Crippen LogP contribution in [0.15, 0.2) is 35.3 Å².